The molecular formula is C53H49N9O19S4. The lowest BCUT2D eigenvalue weighted by atomic mass is 10.1. The van der Waals surface area contributed by atoms with Crippen molar-refractivity contribution in [3.8, 4) is 28.7 Å². The van der Waals surface area contributed by atoms with Crippen LogP contribution in [0.1, 0.15) is 30.0 Å². The van der Waals surface area contributed by atoms with E-state index in [1.54, 1.807) is 86.8 Å². The molecule has 0 aliphatic carbocycles. The molecular weight excluding hydrogens is 1190 g/mol. The van der Waals surface area contributed by atoms with Crippen LogP contribution < -0.4 is 24.3 Å². The van der Waals surface area contributed by atoms with E-state index in [1.807, 2.05) is 49.4 Å². The van der Waals surface area contributed by atoms with Crippen molar-refractivity contribution in [3.05, 3.63) is 144 Å². The van der Waals surface area contributed by atoms with Crippen LogP contribution in [0.3, 0.4) is 0 Å². The van der Waals surface area contributed by atoms with E-state index in [4.69, 9.17) is 56.8 Å². The molecule has 28 nitrogen and oxygen atoms in total. The summed E-state index contributed by atoms with van der Waals surface area (Å²) in [4.78, 5) is -0.366. The Bertz CT molecular complexity index is 4260. The van der Waals surface area contributed by atoms with E-state index in [-0.39, 0.29) is 62.0 Å². The molecule has 85 heavy (non-hydrogen) atoms. The van der Waals surface area contributed by atoms with Crippen molar-refractivity contribution in [1.82, 2.24) is 0 Å². The largest absolute Gasteiger partial charge is 0.505 e. The number of hydrogen-bond donors (Lipinski definition) is 5. The lowest BCUT2D eigenvalue weighted by molar-refractivity contribution is 0.282. The van der Waals surface area contributed by atoms with Crippen molar-refractivity contribution < 1.29 is 85.1 Å². The molecule has 5 N–H and O–H groups in total. The topological polar surface area (TPSA) is 417 Å². The number of nitrogens with zero attached hydrogens (tertiary/aromatic N) is 8. The van der Waals surface area contributed by atoms with Crippen molar-refractivity contribution in [2.75, 3.05) is 33.3 Å². The molecule has 0 atom stereocenters. The summed E-state index contributed by atoms with van der Waals surface area (Å²) in [7, 11) is -9.51. The highest BCUT2D eigenvalue weighted by atomic mass is 32.2. The molecule has 0 aliphatic rings. The van der Waals surface area contributed by atoms with Gasteiger partial charge < -0.3 is 39.6 Å². The SMILES string of the molecule is CCCOc1cc(N=Nc2cc(OC)c(N=Nc3cc(OC)c(N=Nc4ccc5cc(Nc6ccc(OC)cc6)ccc5c4O)cc3CO)cc2CO)c(C)cc1N=Nc1ccc2ccccc2c1S(=O)(=O)O.O=S(=O)=O.O=S(=O)=O.O=S(=O)=O. The number of phenolic OH excluding ortho intramolecular Hbond substituents is 1. The molecule has 0 unspecified atom stereocenters. The van der Waals surface area contributed by atoms with Crippen molar-refractivity contribution in [1.29, 1.82) is 0 Å². The summed E-state index contributed by atoms with van der Waals surface area (Å²) in [6.45, 7) is 3.14. The summed E-state index contributed by atoms with van der Waals surface area (Å²) in [5.74, 6) is 1.48. The van der Waals surface area contributed by atoms with Crippen LogP contribution in [0.2, 0.25) is 0 Å². The van der Waals surface area contributed by atoms with Gasteiger partial charge in [0.2, 0.25) is 0 Å². The Morgan fingerprint density at radius 2 is 0.941 bits per heavy atom. The number of aromatic hydroxyl groups is 1. The Balaban J connectivity index is 0.00000101. The second kappa shape index (κ2) is 31.6. The van der Waals surface area contributed by atoms with Gasteiger partial charge >= 0.3 is 31.8 Å². The van der Waals surface area contributed by atoms with Crippen molar-refractivity contribution in [3.63, 3.8) is 0 Å². The van der Waals surface area contributed by atoms with Crippen LogP contribution in [0.4, 0.5) is 56.9 Å². The molecule has 0 aliphatic heterocycles. The summed E-state index contributed by atoms with van der Waals surface area (Å²) in [6.07, 6.45) is 0.668. The van der Waals surface area contributed by atoms with Gasteiger partial charge in [0, 0.05) is 51.5 Å². The minimum Gasteiger partial charge on any atom is -0.505 e. The summed E-state index contributed by atoms with van der Waals surface area (Å²) in [5, 5.41) is 72.6. The number of nitrogens with one attached hydrogen (secondary N) is 1. The standard InChI is InChI=1S/C53H49N9O10S.3O3S/c1-6-21-72-51-26-43(31(2)22-46(51)60-56-42-20-11-32-9-7-8-10-40(32)53(42)73(66,67)68)57-58-44-27-50(71-5)48(25-34(44)29-63)62-59-45-28-49(70-4)47(24-35(45)30-64)61-55-41-19-12-33-23-37(15-18-39(33)52(41)65)54-36-13-16-38(69-3)17-14-36;3*1-4(2)3/h7-20,22-28,54,63-65H,6,21,29-30H2,1-5H3,(H,66,67,68);;;. The zero-order chi connectivity index (χ0) is 62.4. The zero-order valence-electron chi connectivity index (χ0n) is 45.1. The third-order valence-electron chi connectivity index (χ3n) is 11.4. The molecule has 0 spiro atoms. The van der Waals surface area contributed by atoms with Crippen LogP contribution >= 0.6 is 0 Å². The number of azo groups is 4. The summed E-state index contributed by atoms with van der Waals surface area (Å²) >= 11 is 0. The van der Waals surface area contributed by atoms with Gasteiger partial charge in [-0.05, 0) is 102 Å². The number of aryl methyl sites for hydroxylation is 1. The van der Waals surface area contributed by atoms with E-state index in [0.29, 0.717) is 57.3 Å². The van der Waals surface area contributed by atoms with Gasteiger partial charge in [0.05, 0.1) is 58.2 Å². The fourth-order valence-corrected chi connectivity index (χ4v) is 8.45. The number of aliphatic hydroxyl groups excluding tert-OH is 2. The molecule has 0 bridgehead atoms. The molecule has 0 amide bonds. The predicted molar refractivity (Wildman–Crippen MR) is 306 cm³/mol. The number of ether oxygens (including phenoxy) is 4. The second-order valence-corrected chi connectivity index (χ2v) is 19.4. The molecule has 0 radical (unpaired) electrons. The van der Waals surface area contributed by atoms with E-state index in [0.717, 1.165) is 22.5 Å². The number of phenols is 1. The highest BCUT2D eigenvalue weighted by Gasteiger charge is 2.21. The van der Waals surface area contributed by atoms with E-state index >= 15 is 0 Å². The first-order valence-electron chi connectivity index (χ1n) is 24.1. The maximum atomic E-state index is 12.5. The average Bonchev–Trinajstić information content (AvgIpc) is 1.89. The van der Waals surface area contributed by atoms with Gasteiger partial charge in [-0.1, -0.05) is 43.3 Å². The van der Waals surface area contributed by atoms with Gasteiger partial charge in [0.25, 0.3) is 10.1 Å². The van der Waals surface area contributed by atoms with Crippen molar-refractivity contribution >= 4 is 120 Å². The van der Waals surface area contributed by atoms with Crippen LogP contribution in [-0.4, -0.2) is 94.1 Å². The normalized spacial score (nSPS) is 11.2. The van der Waals surface area contributed by atoms with Gasteiger partial charge in [-0.15, -0.1) is 68.6 Å². The van der Waals surface area contributed by atoms with Crippen molar-refractivity contribution in [2.24, 2.45) is 40.9 Å². The minimum absolute atomic E-state index is 0.0573. The van der Waals surface area contributed by atoms with Gasteiger partial charge in [0.1, 0.15) is 56.3 Å². The van der Waals surface area contributed by atoms with Crippen LogP contribution in [0.25, 0.3) is 21.5 Å². The van der Waals surface area contributed by atoms with Crippen molar-refractivity contribution in [2.45, 2.75) is 38.4 Å². The first-order valence-corrected chi connectivity index (χ1v) is 28.5. The van der Waals surface area contributed by atoms with Crippen LogP contribution in [0, 0.1) is 6.92 Å². The monoisotopic (exact) mass is 1240 g/mol. The number of methoxy groups -OCH3 is 3. The Hall–Kier alpha value is -9.83. The molecule has 0 heterocycles. The molecule has 8 rings (SSSR count). The van der Waals surface area contributed by atoms with Gasteiger partial charge in [-0.25, -0.2) is 0 Å². The highest BCUT2D eigenvalue weighted by molar-refractivity contribution is 7.86. The van der Waals surface area contributed by atoms with E-state index < -0.39 is 55.2 Å². The summed E-state index contributed by atoms with van der Waals surface area (Å²) in [5.41, 5.74) is 4.83. The highest BCUT2D eigenvalue weighted by Crippen LogP contribution is 2.44. The van der Waals surface area contributed by atoms with Gasteiger partial charge in [0.15, 0.2) is 5.75 Å². The van der Waals surface area contributed by atoms with E-state index in [9.17, 15) is 28.3 Å². The second-order valence-electron chi connectivity index (χ2n) is 16.8. The Kier molecular flexibility index (Phi) is 24.5. The molecule has 444 valence electrons. The van der Waals surface area contributed by atoms with Gasteiger partial charge in [-0.3, -0.25) is 4.55 Å². The smallest absolute Gasteiger partial charge is 0.425 e. The van der Waals surface area contributed by atoms with E-state index in [1.165, 1.54) is 26.4 Å². The fraction of sp³-hybridized carbons (Fsp3) is 0.170. The molecule has 0 aromatic heterocycles. The van der Waals surface area contributed by atoms with Gasteiger partial charge in [-0.2, -0.15) is 18.6 Å². The van der Waals surface area contributed by atoms with Crippen LogP contribution in [-0.2, 0) is 55.2 Å². The predicted octanol–water partition coefficient (Wildman–Crippen LogP) is 11.4. The molecule has 8 aromatic carbocycles. The summed E-state index contributed by atoms with van der Waals surface area (Å²) < 4.78 is 134. The minimum atomic E-state index is -4.68. The first kappa shape index (κ1) is 66.0. The number of benzene rings is 8. The molecule has 32 heteroatoms. The quantitative estimate of drug-likeness (QED) is 0.0371. The molecule has 0 fully saturated rings. The average molecular weight is 1240 g/mol. The molecule has 0 saturated carbocycles. The number of rotatable bonds is 19. The number of hydrogen-bond acceptors (Lipinski definition) is 27. The van der Waals surface area contributed by atoms with Crippen LogP contribution in [0.5, 0.6) is 28.7 Å². The zero-order valence-corrected chi connectivity index (χ0v) is 48.3. The fourth-order valence-electron chi connectivity index (χ4n) is 7.61. The molecule has 0 saturated heterocycles. The lowest BCUT2D eigenvalue weighted by Crippen LogP contribution is -1.99. The summed E-state index contributed by atoms with van der Waals surface area (Å²) in [6, 6.07) is 35.9. The number of aliphatic hydroxyl groups is 2. The first-order chi connectivity index (χ1) is 40.5. The number of anilines is 2. The maximum Gasteiger partial charge on any atom is 0.425 e. The lowest BCUT2D eigenvalue weighted by Gasteiger charge is -2.11. The van der Waals surface area contributed by atoms with Crippen LogP contribution in [0.15, 0.2) is 173 Å². The Morgan fingerprint density at radius 3 is 1.46 bits per heavy atom. The Morgan fingerprint density at radius 1 is 0.482 bits per heavy atom. The Labute approximate surface area is 488 Å². The molecule has 8 aromatic rings. The number of fused-ring (bicyclic) bond motifs is 2. The van der Waals surface area contributed by atoms with E-state index in [2.05, 4.69) is 46.2 Å². The maximum absolute atomic E-state index is 12.5. The third kappa shape index (κ3) is 19.1. The third-order valence-corrected chi connectivity index (χ3v) is 12.3.